The Hall–Kier alpha value is -0.740. The van der Waals surface area contributed by atoms with Gasteiger partial charge in [0.2, 0.25) is 0 Å². The van der Waals surface area contributed by atoms with Gasteiger partial charge in [0.25, 0.3) is 0 Å². The summed E-state index contributed by atoms with van der Waals surface area (Å²) < 4.78 is 0. The Labute approximate surface area is 256 Å². The van der Waals surface area contributed by atoms with Crippen molar-refractivity contribution in [1.82, 2.24) is 0 Å². The van der Waals surface area contributed by atoms with Crippen molar-refractivity contribution in [3.8, 4) is 0 Å². The normalized spacial score (nSPS) is 58.9. The number of rotatable bonds is 1. The fourth-order valence-corrected chi connectivity index (χ4v) is 14.4. The quantitative estimate of drug-likeness (QED) is 0.307. The van der Waals surface area contributed by atoms with Gasteiger partial charge in [-0.25, -0.2) is 0 Å². The first-order valence-electron chi connectivity index (χ1n) is 18.5. The third-order valence-corrected chi connectivity index (χ3v) is 17.2. The van der Waals surface area contributed by atoms with Gasteiger partial charge in [0.05, 0.1) is 12.2 Å². The van der Waals surface area contributed by atoms with E-state index in [2.05, 4.69) is 27.7 Å². The highest BCUT2D eigenvalue weighted by molar-refractivity contribution is 5.89. The molecule has 14 atom stereocenters. The smallest absolute Gasteiger partial charge is 0.0596 e. The predicted molar refractivity (Wildman–Crippen MR) is 170 cm³/mol. The van der Waals surface area contributed by atoms with E-state index >= 15 is 0 Å². The summed E-state index contributed by atoms with van der Waals surface area (Å²) in [6.45, 7) is 10.1. The number of hydrogen-bond acceptors (Lipinski definition) is 4. The van der Waals surface area contributed by atoms with Gasteiger partial charge in [0, 0.05) is 11.4 Å². The Kier molecular flexibility index (Phi) is 6.75. The first-order chi connectivity index (χ1) is 20.1. The number of aliphatic hydroxyl groups is 2. The zero-order valence-corrected chi connectivity index (χ0v) is 27.3. The Morgan fingerprint density at radius 3 is 1.31 bits per heavy atom. The van der Waals surface area contributed by atoms with Crippen LogP contribution in [-0.2, 0) is 0 Å². The summed E-state index contributed by atoms with van der Waals surface area (Å²) in [7, 11) is 0. The number of aliphatic hydroxyl groups excluding tert-OH is 2. The summed E-state index contributed by atoms with van der Waals surface area (Å²) in [5, 5.41) is 31.7. The van der Waals surface area contributed by atoms with E-state index in [4.69, 9.17) is 10.2 Å². The average Bonchev–Trinajstić information content (AvgIpc) is 3.46. The van der Waals surface area contributed by atoms with Crippen molar-refractivity contribution in [3.63, 3.8) is 0 Å². The van der Waals surface area contributed by atoms with Gasteiger partial charge in [-0.1, -0.05) is 27.7 Å². The Bertz CT molecular complexity index is 1060. The van der Waals surface area contributed by atoms with Crippen LogP contribution in [0.3, 0.4) is 0 Å². The van der Waals surface area contributed by atoms with Crippen molar-refractivity contribution < 1.29 is 10.2 Å². The van der Waals surface area contributed by atoms with Crippen LogP contribution in [0.5, 0.6) is 0 Å². The first-order valence-corrected chi connectivity index (χ1v) is 18.5. The van der Waals surface area contributed by atoms with Gasteiger partial charge in [-0.2, -0.15) is 10.2 Å². The van der Waals surface area contributed by atoms with Gasteiger partial charge in [-0.3, -0.25) is 0 Å². The Morgan fingerprint density at radius 1 is 0.476 bits per heavy atom. The molecule has 8 saturated carbocycles. The molecule has 4 nitrogen and oxygen atoms in total. The zero-order valence-electron chi connectivity index (χ0n) is 27.3. The third-order valence-electron chi connectivity index (χ3n) is 17.2. The molecule has 0 spiro atoms. The maximum atomic E-state index is 10.8. The number of fused-ring (bicyclic) bond motifs is 10. The van der Waals surface area contributed by atoms with Crippen molar-refractivity contribution in [2.24, 2.45) is 79.2 Å². The molecule has 0 radical (unpaired) electrons. The predicted octanol–water partition coefficient (Wildman–Crippen LogP) is 8.59. The number of hydrogen-bond donors (Lipinski definition) is 2. The molecule has 0 bridgehead atoms. The van der Waals surface area contributed by atoms with E-state index in [1.54, 1.807) is 0 Å². The van der Waals surface area contributed by atoms with Crippen molar-refractivity contribution in [1.29, 1.82) is 0 Å². The van der Waals surface area contributed by atoms with Crippen LogP contribution in [0.15, 0.2) is 10.2 Å². The van der Waals surface area contributed by atoms with Crippen LogP contribution in [-0.4, -0.2) is 33.8 Å². The lowest BCUT2D eigenvalue weighted by atomic mass is 9.45. The zero-order chi connectivity index (χ0) is 29.1. The van der Waals surface area contributed by atoms with E-state index in [0.29, 0.717) is 10.8 Å². The maximum Gasteiger partial charge on any atom is 0.0596 e. The highest BCUT2D eigenvalue weighted by Crippen LogP contribution is 2.67. The van der Waals surface area contributed by atoms with E-state index in [1.165, 1.54) is 101 Å². The van der Waals surface area contributed by atoms with Crippen LogP contribution >= 0.6 is 0 Å². The molecule has 8 rings (SSSR count). The summed E-state index contributed by atoms with van der Waals surface area (Å²) in [5.41, 5.74) is 4.08. The lowest BCUT2D eigenvalue weighted by molar-refractivity contribution is -0.112. The molecule has 0 aromatic rings. The van der Waals surface area contributed by atoms with E-state index in [9.17, 15) is 10.2 Å². The second kappa shape index (κ2) is 9.88. The fourth-order valence-electron chi connectivity index (χ4n) is 14.4. The Morgan fingerprint density at radius 2 is 0.881 bits per heavy atom. The van der Waals surface area contributed by atoms with Crippen LogP contribution in [0, 0.1) is 69.0 Å². The summed E-state index contributed by atoms with van der Waals surface area (Å²) in [5.74, 6) is 6.43. The molecule has 0 aromatic carbocycles. The molecule has 0 aromatic heterocycles. The van der Waals surface area contributed by atoms with Crippen LogP contribution < -0.4 is 0 Å². The molecule has 4 heteroatoms. The molecule has 2 N–H and O–H groups in total. The molecular formula is C38H60N2O2. The van der Waals surface area contributed by atoms with E-state index in [1.807, 2.05) is 0 Å². The SMILES string of the molecule is C[C@]12CCC(=NN=C3CC[C@@]4(C)C(CCC5C4CC[C@]4(C)C(O)CCC54)C3)CC1CCC1C2CC[C@]2(C)C(O)CCC12. The van der Waals surface area contributed by atoms with Gasteiger partial charge >= 0.3 is 0 Å². The molecule has 0 heterocycles. The summed E-state index contributed by atoms with van der Waals surface area (Å²) in [6, 6.07) is 0. The standard InChI is InChI=1S/C38H60N2O2/c1-35-17-13-25(21-23(35)5-7-27-29-9-11-33(41)37(29,3)19-15-31(27)35)39-40-26-14-18-36(2)24(22-26)6-8-28-30-10-12-34(42)38(30,4)20-16-32(28)36/h23-24,27-34,41-42H,5-22H2,1-4H3/t23?,24?,27?,28?,29?,30?,31?,32?,33?,34?,35-,36-,37-,38-/m0/s1. The minimum absolute atomic E-state index is 0.0642. The monoisotopic (exact) mass is 576 g/mol. The van der Waals surface area contributed by atoms with Crippen LogP contribution in [0.4, 0.5) is 0 Å². The van der Waals surface area contributed by atoms with Crippen LogP contribution in [0.1, 0.15) is 143 Å². The molecule has 0 amide bonds. The molecule has 8 aliphatic carbocycles. The molecule has 42 heavy (non-hydrogen) atoms. The van der Waals surface area contributed by atoms with Crippen molar-refractivity contribution in [2.75, 3.05) is 0 Å². The molecule has 8 fully saturated rings. The molecule has 10 unspecified atom stereocenters. The van der Waals surface area contributed by atoms with Crippen LogP contribution in [0.25, 0.3) is 0 Å². The van der Waals surface area contributed by atoms with Crippen LogP contribution in [0.2, 0.25) is 0 Å². The second-order valence-corrected chi connectivity index (χ2v) is 18.3. The van der Waals surface area contributed by atoms with Gasteiger partial charge in [0.15, 0.2) is 0 Å². The number of nitrogens with zero attached hydrogens (tertiary/aromatic N) is 2. The van der Waals surface area contributed by atoms with Gasteiger partial charge < -0.3 is 10.2 Å². The summed E-state index contributed by atoms with van der Waals surface area (Å²) in [4.78, 5) is 0. The topological polar surface area (TPSA) is 65.2 Å². The van der Waals surface area contributed by atoms with Gasteiger partial charge in [-0.15, -0.1) is 0 Å². The van der Waals surface area contributed by atoms with Crippen molar-refractivity contribution >= 4 is 11.4 Å². The summed E-state index contributed by atoms with van der Waals surface area (Å²) >= 11 is 0. The first kappa shape index (κ1) is 28.7. The highest BCUT2D eigenvalue weighted by atomic mass is 16.3. The largest absolute Gasteiger partial charge is 0.393 e. The highest BCUT2D eigenvalue weighted by Gasteiger charge is 2.61. The van der Waals surface area contributed by atoms with Gasteiger partial charge in [-0.05, 0) is 185 Å². The molecule has 0 saturated heterocycles. The molecule has 0 aliphatic heterocycles. The minimum atomic E-state index is -0.0642. The molecule has 8 aliphatic rings. The third kappa shape index (κ3) is 3.97. The van der Waals surface area contributed by atoms with E-state index in [0.717, 1.165) is 73.0 Å². The fraction of sp³-hybridized carbons (Fsp3) is 0.947. The summed E-state index contributed by atoms with van der Waals surface area (Å²) in [6.07, 6.45) is 22.3. The molecule has 234 valence electrons. The molecular weight excluding hydrogens is 516 g/mol. The van der Waals surface area contributed by atoms with Crippen molar-refractivity contribution in [2.45, 2.75) is 155 Å². The van der Waals surface area contributed by atoms with E-state index in [-0.39, 0.29) is 23.0 Å². The maximum absolute atomic E-state index is 10.8. The average molecular weight is 577 g/mol. The minimum Gasteiger partial charge on any atom is -0.393 e. The van der Waals surface area contributed by atoms with Crippen molar-refractivity contribution in [3.05, 3.63) is 0 Å². The lowest BCUT2D eigenvalue weighted by Gasteiger charge is -2.60. The lowest BCUT2D eigenvalue weighted by Crippen LogP contribution is -2.54. The van der Waals surface area contributed by atoms with Gasteiger partial charge in [0.1, 0.15) is 0 Å². The second-order valence-electron chi connectivity index (χ2n) is 18.3. The van der Waals surface area contributed by atoms with E-state index < -0.39 is 0 Å². The Balaban J connectivity index is 0.928.